The van der Waals surface area contributed by atoms with Crippen LogP contribution < -0.4 is 0 Å². The maximum absolute atomic E-state index is 9.67. The summed E-state index contributed by atoms with van der Waals surface area (Å²) in [6.07, 6.45) is 8.12. The van der Waals surface area contributed by atoms with Crippen molar-refractivity contribution < 1.29 is 9.84 Å². The Hall–Kier alpha value is -1.12. The summed E-state index contributed by atoms with van der Waals surface area (Å²) in [6.45, 7) is 3.11. The molecule has 0 radical (unpaired) electrons. The number of benzene rings is 1. The number of unbranched alkanes of at least 4 members (excludes halogenated alkanes) is 3. The molecule has 2 heteroatoms. The SMILES string of the molecule is CCCCC/C=C/[C@@H](O)COCc1ccccc1. The first-order chi connectivity index (χ1) is 8.83. The van der Waals surface area contributed by atoms with Crippen LogP contribution in [-0.2, 0) is 11.3 Å². The molecular formula is C16H24O2. The second kappa shape index (κ2) is 9.86. The summed E-state index contributed by atoms with van der Waals surface area (Å²) in [5.74, 6) is 0. The smallest absolute Gasteiger partial charge is 0.0954 e. The van der Waals surface area contributed by atoms with E-state index in [-0.39, 0.29) is 0 Å². The number of aliphatic hydroxyl groups excluding tert-OH is 1. The van der Waals surface area contributed by atoms with Gasteiger partial charge in [-0.3, -0.25) is 0 Å². The van der Waals surface area contributed by atoms with Gasteiger partial charge in [0.15, 0.2) is 0 Å². The van der Waals surface area contributed by atoms with Crippen LogP contribution in [0, 0.1) is 0 Å². The molecule has 1 atom stereocenters. The van der Waals surface area contributed by atoms with Crippen LogP contribution in [0.3, 0.4) is 0 Å². The molecule has 1 rings (SSSR count). The molecule has 0 amide bonds. The van der Waals surface area contributed by atoms with Gasteiger partial charge in [0.05, 0.1) is 19.3 Å². The Kier molecular flexibility index (Phi) is 8.19. The molecule has 100 valence electrons. The molecule has 0 spiro atoms. The van der Waals surface area contributed by atoms with E-state index in [1.165, 1.54) is 19.3 Å². The topological polar surface area (TPSA) is 29.5 Å². The number of hydrogen-bond donors (Lipinski definition) is 1. The fourth-order valence-corrected chi connectivity index (χ4v) is 1.69. The van der Waals surface area contributed by atoms with E-state index < -0.39 is 6.10 Å². The highest BCUT2D eigenvalue weighted by atomic mass is 16.5. The predicted molar refractivity (Wildman–Crippen MR) is 75.4 cm³/mol. The summed E-state index contributed by atoms with van der Waals surface area (Å²) in [5, 5.41) is 9.67. The van der Waals surface area contributed by atoms with Gasteiger partial charge in [-0.05, 0) is 18.4 Å². The summed E-state index contributed by atoms with van der Waals surface area (Å²) in [6, 6.07) is 10.0. The van der Waals surface area contributed by atoms with Crippen LogP contribution in [0.1, 0.15) is 38.2 Å². The Morgan fingerprint density at radius 2 is 2.00 bits per heavy atom. The van der Waals surface area contributed by atoms with Gasteiger partial charge < -0.3 is 9.84 Å². The minimum atomic E-state index is -0.490. The van der Waals surface area contributed by atoms with E-state index in [0.717, 1.165) is 12.0 Å². The molecule has 0 bridgehead atoms. The van der Waals surface area contributed by atoms with E-state index in [4.69, 9.17) is 4.74 Å². The number of hydrogen-bond acceptors (Lipinski definition) is 2. The zero-order chi connectivity index (χ0) is 13.1. The van der Waals surface area contributed by atoms with Crippen molar-refractivity contribution in [1.29, 1.82) is 0 Å². The van der Waals surface area contributed by atoms with Gasteiger partial charge in [-0.15, -0.1) is 0 Å². The van der Waals surface area contributed by atoms with Gasteiger partial charge in [0.2, 0.25) is 0 Å². The Balaban J connectivity index is 2.08. The van der Waals surface area contributed by atoms with E-state index in [1.807, 2.05) is 42.5 Å². The molecule has 0 fully saturated rings. The molecule has 0 saturated heterocycles. The minimum absolute atomic E-state index is 0.360. The van der Waals surface area contributed by atoms with Gasteiger partial charge in [-0.25, -0.2) is 0 Å². The third-order valence-electron chi connectivity index (χ3n) is 2.73. The first kappa shape index (κ1) is 14.9. The molecule has 0 saturated carbocycles. The maximum Gasteiger partial charge on any atom is 0.0954 e. The van der Waals surface area contributed by atoms with Crippen molar-refractivity contribution in [2.75, 3.05) is 6.61 Å². The molecule has 0 aromatic heterocycles. The lowest BCUT2D eigenvalue weighted by Gasteiger charge is -2.07. The van der Waals surface area contributed by atoms with Crippen LogP contribution in [0.4, 0.5) is 0 Å². The average Bonchev–Trinajstić information content (AvgIpc) is 2.40. The highest BCUT2D eigenvalue weighted by molar-refractivity contribution is 5.13. The molecule has 1 aromatic carbocycles. The van der Waals surface area contributed by atoms with Crippen molar-refractivity contribution in [2.24, 2.45) is 0 Å². The van der Waals surface area contributed by atoms with Crippen LogP contribution in [0.5, 0.6) is 0 Å². The Bertz CT molecular complexity index is 319. The van der Waals surface area contributed by atoms with Crippen molar-refractivity contribution in [3.8, 4) is 0 Å². The lowest BCUT2D eigenvalue weighted by atomic mass is 10.2. The molecule has 0 aliphatic carbocycles. The average molecular weight is 248 g/mol. The summed E-state index contributed by atoms with van der Waals surface area (Å²) >= 11 is 0. The van der Waals surface area contributed by atoms with Gasteiger partial charge in [-0.2, -0.15) is 0 Å². The summed E-state index contributed by atoms with van der Waals surface area (Å²) in [5.41, 5.74) is 1.14. The number of rotatable bonds is 9. The third-order valence-corrected chi connectivity index (χ3v) is 2.73. The molecule has 2 nitrogen and oxygen atoms in total. The van der Waals surface area contributed by atoms with Crippen LogP contribution in [0.2, 0.25) is 0 Å². The first-order valence-corrected chi connectivity index (χ1v) is 6.79. The quantitative estimate of drug-likeness (QED) is 0.533. The second-order valence-electron chi connectivity index (χ2n) is 4.49. The van der Waals surface area contributed by atoms with E-state index in [2.05, 4.69) is 6.92 Å². The highest BCUT2D eigenvalue weighted by Gasteiger charge is 1.99. The Morgan fingerprint density at radius 3 is 2.72 bits per heavy atom. The monoisotopic (exact) mass is 248 g/mol. The first-order valence-electron chi connectivity index (χ1n) is 6.79. The number of allylic oxidation sites excluding steroid dienone is 1. The molecule has 0 heterocycles. The summed E-state index contributed by atoms with van der Waals surface area (Å²) in [7, 11) is 0. The predicted octanol–water partition coefficient (Wildman–Crippen LogP) is 3.70. The zero-order valence-corrected chi connectivity index (χ0v) is 11.2. The molecule has 18 heavy (non-hydrogen) atoms. The lowest BCUT2D eigenvalue weighted by Crippen LogP contribution is -2.12. The van der Waals surface area contributed by atoms with E-state index in [9.17, 15) is 5.11 Å². The molecule has 0 aliphatic heterocycles. The lowest BCUT2D eigenvalue weighted by molar-refractivity contribution is 0.0502. The molecule has 1 N–H and O–H groups in total. The third kappa shape index (κ3) is 7.25. The van der Waals surface area contributed by atoms with E-state index >= 15 is 0 Å². The zero-order valence-electron chi connectivity index (χ0n) is 11.2. The number of ether oxygens (including phenoxy) is 1. The molecule has 0 aliphatic rings. The van der Waals surface area contributed by atoms with Gasteiger partial charge in [0, 0.05) is 0 Å². The van der Waals surface area contributed by atoms with Crippen LogP contribution in [0.15, 0.2) is 42.5 Å². The summed E-state index contributed by atoms with van der Waals surface area (Å²) < 4.78 is 5.46. The largest absolute Gasteiger partial charge is 0.387 e. The van der Waals surface area contributed by atoms with Crippen molar-refractivity contribution >= 4 is 0 Å². The molecule has 0 unspecified atom stereocenters. The Labute approximate surface area is 110 Å². The van der Waals surface area contributed by atoms with E-state index in [1.54, 1.807) is 0 Å². The van der Waals surface area contributed by atoms with Crippen molar-refractivity contribution in [2.45, 2.75) is 45.3 Å². The maximum atomic E-state index is 9.67. The van der Waals surface area contributed by atoms with Gasteiger partial charge in [0.1, 0.15) is 0 Å². The van der Waals surface area contributed by atoms with E-state index in [0.29, 0.717) is 13.2 Å². The number of aliphatic hydroxyl groups is 1. The Morgan fingerprint density at radius 1 is 1.22 bits per heavy atom. The standard InChI is InChI=1S/C16H24O2/c1-2-3-4-5-9-12-16(17)14-18-13-15-10-7-6-8-11-15/h6-12,16-17H,2-5,13-14H2,1H3/b12-9+/t16-/m1/s1. The molecule has 1 aromatic rings. The fraction of sp³-hybridized carbons (Fsp3) is 0.500. The van der Waals surface area contributed by atoms with Crippen LogP contribution in [-0.4, -0.2) is 17.8 Å². The minimum Gasteiger partial charge on any atom is -0.387 e. The van der Waals surface area contributed by atoms with Crippen molar-refractivity contribution in [3.05, 3.63) is 48.0 Å². The normalized spacial score (nSPS) is 13.0. The second-order valence-corrected chi connectivity index (χ2v) is 4.49. The van der Waals surface area contributed by atoms with Crippen LogP contribution in [0.25, 0.3) is 0 Å². The van der Waals surface area contributed by atoms with Crippen molar-refractivity contribution in [3.63, 3.8) is 0 Å². The van der Waals surface area contributed by atoms with Gasteiger partial charge in [0.25, 0.3) is 0 Å². The fourth-order valence-electron chi connectivity index (χ4n) is 1.69. The highest BCUT2D eigenvalue weighted by Crippen LogP contribution is 2.03. The van der Waals surface area contributed by atoms with Crippen molar-refractivity contribution in [1.82, 2.24) is 0 Å². The van der Waals surface area contributed by atoms with Gasteiger partial charge in [-0.1, -0.05) is 62.2 Å². The van der Waals surface area contributed by atoms with Crippen LogP contribution >= 0.6 is 0 Å². The summed E-state index contributed by atoms with van der Waals surface area (Å²) in [4.78, 5) is 0. The molecular weight excluding hydrogens is 224 g/mol. The van der Waals surface area contributed by atoms with Gasteiger partial charge >= 0.3 is 0 Å².